The molecule has 1 aromatic rings. The summed E-state index contributed by atoms with van der Waals surface area (Å²) in [5.74, 6) is 0.515. The van der Waals surface area contributed by atoms with Crippen molar-refractivity contribution in [3.63, 3.8) is 0 Å². The van der Waals surface area contributed by atoms with Crippen LogP contribution in [0.15, 0.2) is 23.1 Å². The summed E-state index contributed by atoms with van der Waals surface area (Å²) in [6.45, 7) is 6.19. The first-order valence-corrected chi connectivity index (χ1v) is 6.38. The van der Waals surface area contributed by atoms with E-state index >= 15 is 0 Å². The zero-order valence-corrected chi connectivity index (χ0v) is 11.0. The number of benzene rings is 1. The number of nitro benzene ring substituents is 1. The predicted octanol–water partition coefficient (Wildman–Crippen LogP) is 3.22. The molecular weight excluding hydrogens is 238 g/mol. The maximum Gasteiger partial charge on any atom is 0.269 e. The van der Waals surface area contributed by atoms with Gasteiger partial charge in [-0.2, -0.15) is 0 Å². The van der Waals surface area contributed by atoms with Crippen molar-refractivity contribution in [1.82, 2.24) is 0 Å². The highest BCUT2D eigenvalue weighted by molar-refractivity contribution is 8.00. The van der Waals surface area contributed by atoms with E-state index in [0.717, 1.165) is 4.90 Å². The first-order valence-electron chi connectivity index (χ1n) is 5.50. The molecule has 1 unspecified atom stereocenters. The molecule has 1 atom stereocenters. The molecule has 0 saturated carbocycles. The van der Waals surface area contributed by atoms with Gasteiger partial charge >= 0.3 is 0 Å². The molecule has 5 heteroatoms. The Bertz CT molecular complexity index is 407. The Morgan fingerprint density at radius 2 is 2.06 bits per heavy atom. The van der Waals surface area contributed by atoms with Gasteiger partial charge in [0.25, 0.3) is 5.69 Å². The Labute approximate surface area is 105 Å². The van der Waals surface area contributed by atoms with E-state index in [9.17, 15) is 15.2 Å². The van der Waals surface area contributed by atoms with Crippen LogP contribution in [0.1, 0.15) is 26.3 Å². The molecule has 1 aromatic carbocycles. The fourth-order valence-electron chi connectivity index (χ4n) is 1.25. The smallest absolute Gasteiger partial charge is 0.269 e. The van der Waals surface area contributed by atoms with Gasteiger partial charge in [-0.25, -0.2) is 0 Å². The van der Waals surface area contributed by atoms with Crippen molar-refractivity contribution < 1.29 is 10.0 Å². The van der Waals surface area contributed by atoms with Gasteiger partial charge in [-0.05, 0) is 17.5 Å². The first-order chi connectivity index (χ1) is 7.95. The zero-order valence-electron chi connectivity index (χ0n) is 10.2. The van der Waals surface area contributed by atoms with Gasteiger partial charge in [-0.15, -0.1) is 11.8 Å². The molecule has 0 aromatic heterocycles. The van der Waals surface area contributed by atoms with Crippen LogP contribution >= 0.6 is 11.8 Å². The second kappa shape index (κ2) is 6.02. The molecule has 0 fully saturated rings. The average Bonchev–Trinajstić information content (AvgIpc) is 2.28. The van der Waals surface area contributed by atoms with Crippen LogP contribution < -0.4 is 0 Å². The van der Waals surface area contributed by atoms with Crippen molar-refractivity contribution in [2.75, 3.05) is 0 Å². The van der Waals surface area contributed by atoms with Gasteiger partial charge in [0.05, 0.1) is 11.5 Å². The van der Waals surface area contributed by atoms with Gasteiger partial charge in [0.2, 0.25) is 0 Å². The van der Waals surface area contributed by atoms with Crippen LogP contribution in [0.3, 0.4) is 0 Å². The normalized spacial score (nSPS) is 12.8. The lowest BCUT2D eigenvalue weighted by molar-refractivity contribution is -0.385. The van der Waals surface area contributed by atoms with Crippen molar-refractivity contribution in [3.05, 3.63) is 33.9 Å². The molecule has 0 aliphatic rings. The number of rotatable bonds is 5. The summed E-state index contributed by atoms with van der Waals surface area (Å²) in [7, 11) is 0. The maximum atomic E-state index is 10.6. The predicted molar refractivity (Wildman–Crippen MR) is 69.2 cm³/mol. The quantitative estimate of drug-likeness (QED) is 0.498. The molecular formula is C12H17NO3S. The molecule has 94 valence electrons. The van der Waals surface area contributed by atoms with Crippen LogP contribution in [0.5, 0.6) is 0 Å². The lowest BCUT2D eigenvalue weighted by Crippen LogP contribution is -2.06. The van der Waals surface area contributed by atoms with E-state index in [1.807, 2.05) is 0 Å². The molecule has 0 spiro atoms. The minimum absolute atomic E-state index is 0.0237. The first kappa shape index (κ1) is 14.0. The molecule has 0 aliphatic carbocycles. The van der Waals surface area contributed by atoms with Gasteiger partial charge in [0.15, 0.2) is 0 Å². The lowest BCUT2D eigenvalue weighted by atomic mass is 10.2. The summed E-state index contributed by atoms with van der Waals surface area (Å²) >= 11 is 1.64. The Hall–Kier alpha value is -1.07. The number of hydrogen-bond acceptors (Lipinski definition) is 4. The van der Waals surface area contributed by atoms with E-state index in [4.69, 9.17) is 0 Å². The van der Waals surface area contributed by atoms with E-state index in [-0.39, 0.29) is 12.3 Å². The number of aliphatic hydroxyl groups excluding tert-OH is 1. The fraction of sp³-hybridized carbons (Fsp3) is 0.500. The molecule has 0 saturated heterocycles. The largest absolute Gasteiger partial charge is 0.392 e. The van der Waals surface area contributed by atoms with Crippen LogP contribution in [0, 0.1) is 16.0 Å². The van der Waals surface area contributed by atoms with Gasteiger partial charge in [0.1, 0.15) is 0 Å². The van der Waals surface area contributed by atoms with Crippen molar-refractivity contribution in [2.24, 2.45) is 5.92 Å². The molecule has 0 amide bonds. The molecule has 4 nitrogen and oxygen atoms in total. The Kier molecular flexibility index (Phi) is 4.96. The SMILES string of the molecule is CC(C)C(C)Sc1ccc([N+](=O)[O-])cc1CO. The Balaban J connectivity index is 2.96. The number of nitro groups is 1. The highest BCUT2D eigenvalue weighted by Crippen LogP contribution is 2.32. The van der Waals surface area contributed by atoms with E-state index < -0.39 is 4.92 Å². The molecule has 0 heterocycles. The fourth-order valence-corrected chi connectivity index (χ4v) is 2.35. The third-order valence-electron chi connectivity index (χ3n) is 2.68. The van der Waals surface area contributed by atoms with Crippen molar-refractivity contribution in [3.8, 4) is 0 Å². The number of aliphatic hydroxyl groups is 1. The second-order valence-corrected chi connectivity index (χ2v) is 5.69. The topological polar surface area (TPSA) is 63.4 Å². The molecule has 0 radical (unpaired) electrons. The number of nitrogens with zero attached hydrogens (tertiary/aromatic N) is 1. The average molecular weight is 255 g/mol. The third kappa shape index (κ3) is 3.71. The number of hydrogen-bond donors (Lipinski definition) is 1. The Morgan fingerprint density at radius 3 is 2.53 bits per heavy atom. The van der Waals surface area contributed by atoms with Crippen LogP contribution in [0.25, 0.3) is 0 Å². The summed E-state index contributed by atoms with van der Waals surface area (Å²) in [6.07, 6.45) is 0. The number of non-ortho nitro benzene ring substituents is 1. The van der Waals surface area contributed by atoms with Crippen LogP contribution in [-0.2, 0) is 6.61 Å². The summed E-state index contributed by atoms with van der Waals surface area (Å²) in [5.41, 5.74) is 0.646. The summed E-state index contributed by atoms with van der Waals surface area (Å²) in [6, 6.07) is 4.64. The van der Waals surface area contributed by atoms with Gasteiger partial charge in [0, 0.05) is 22.3 Å². The summed E-state index contributed by atoms with van der Waals surface area (Å²) in [4.78, 5) is 11.1. The molecule has 0 aliphatic heterocycles. The van der Waals surface area contributed by atoms with Crippen LogP contribution in [0.2, 0.25) is 0 Å². The standard InChI is InChI=1S/C12H17NO3S/c1-8(2)9(3)17-12-5-4-11(13(15)16)6-10(12)7-14/h4-6,8-9,14H,7H2,1-3H3. The van der Waals surface area contributed by atoms with Crippen LogP contribution in [0.4, 0.5) is 5.69 Å². The minimum Gasteiger partial charge on any atom is -0.392 e. The zero-order chi connectivity index (χ0) is 13.0. The van der Waals surface area contributed by atoms with Crippen molar-refractivity contribution in [2.45, 2.75) is 37.5 Å². The van der Waals surface area contributed by atoms with Crippen molar-refractivity contribution >= 4 is 17.4 Å². The maximum absolute atomic E-state index is 10.6. The monoisotopic (exact) mass is 255 g/mol. The highest BCUT2D eigenvalue weighted by Gasteiger charge is 2.14. The highest BCUT2D eigenvalue weighted by atomic mass is 32.2. The van der Waals surface area contributed by atoms with E-state index in [1.54, 1.807) is 17.8 Å². The second-order valence-electron chi connectivity index (χ2n) is 4.27. The van der Waals surface area contributed by atoms with Gasteiger partial charge in [-0.1, -0.05) is 20.8 Å². The van der Waals surface area contributed by atoms with Crippen LogP contribution in [-0.4, -0.2) is 15.3 Å². The molecule has 17 heavy (non-hydrogen) atoms. The number of thioether (sulfide) groups is 1. The van der Waals surface area contributed by atoms with Gasteiger partial charge < -0.3 is 5.11 Å². The van der Waals surface area contributed by atoms with E-state index in [2.05, 4.69) is 20.8 Å². The molecule has 0 bridgehead atoms. The minimum atomic E-state index is -0.445. The lowest BCUT2D eigenvalue weighted by Gasteiger charge is -2.16. The van der Waals surface area contributed by atoms with E-state index in [0.29, 0.717) is 16.7 Å². The summed E-state index contributed by atoms with van der Waals surface area (Å²) in [5, 5.41) is 20.3. The molecule has 1 N–H and O–H groups in total. The van der Waals surface area contributed by atoms with Crippen molar-refractivity contribution in [1.29, 1.82) is 0 Å². The summed E-state index contributed by atoms with van der Waals surface area (Å²) < 4.78 is 0. The molecule has 1 rings (SSSR count). The van der Waals surface area contributed by atoms with Gasteiger partial charge in [-0.3, -0.25) is 10.1 Å². The Morgan fingerprint density at radius 1 is 1.41 bits per heavy atom. The van der Waals surface area contributed by atoms with E-state index in [1.165, 1.54) is 12.1 Å². The third-order valence-corrected chi connectivity index (χ3v) is 4.25.